The number of carbonyl (C=O) groups excluding carboxylic acids is 1. The van der Waals surface area contributed by atoms with Crippen LogP contribution in [0.3, 0.4) is 0 Å². The van der Waals surface area contributed by atoms with Gasteiger partial charge in [0.1, 0.15) is 18.2 Å². The lowest BCUT2D eigenvalue weighted by atomic mass is 9.64. The Hall–Kier alpha value is -2.36. The Morgan fingerprint density at radius 1 is 1.21 bits per heavy atom. The molecule has 0 heterocycles. The standard InChI is InChI=1S/C20H22FNO2/c1-15-5-2-8-18(13-15)24-12-11-22-19(23)20(9-4-10-20)16-6-3-7-17(21)14-16/h2-3,5-8,13-14H,4,9-12H2,1H3,(H,22,23). The van der Waals surface area contributed by atoms with E-state index in [0.717, 1.165) is 36.1 Å². The summed E-state index contributed by atoms with van der Waals surface area (Å²) in [5, 5.41) is 2.94. The minimum atomic E-state index is -0.578. The lowest BCUT2D eigenvalue weighted by Crippen LogP contribution is -2.50. The van der Waals surface area contributed by atoms with Crippen molar-refractivity contribution >= 4 is 5.91 Å². The summed E-state index contributed by atoms with van der Waals surface area (Å²) >= 11 is 0. The fourth-order valence-electron chi connectivity index (χ4n) is 3.17. The monoisotopic (exact) mass is 327 g/mol. The van der Waals surface area contributed by atoms with E-state index in [4.69, 9.17) is 4.74 Å². The molecular formula is C20H22FNO2. The van der Waals surface area contributed by atoms with Crippen LogP contribution in [0, 0.1) is 12.7 Å². The van der Waals surface area contributed by atoms with Crippen molar-refractivity contribution in [3.63, 3.8) is 0 Å². The molecule has 3 nitrogen and oxygen atoms in total. The van der Waals surface area contributed by atoms with E-state index in [1.165, 1.54) is 12.1 Å². The highest BCUT2D eigenvalue weighted by Gasteiger charge is 2.45. The van der Waals surface area contributed by atoms with Crippen LogP contribution >= 0.6 is 0 Å². The van der Waals surface area contributed by atoms with Gasteiger partial charge in [0.05, 0.1) is 12.0 Å². The van der Waals surface area contributed by atoms with Gasteiger partial charge in [0.2, 0.25) is 5.91 Å². The summed E-state index contributed by atoms with van der Waals surface area (Å²) in [6, 6.07) is 14.2. The summed E-state index contributed by atoms with van der Waals surface area (Å²) in [5.41, 5.74) is 1.33. The second kappa shape index (κ2) is 7.04. The molecule has 0 saturated heterocycles. The maximum absolute atomic E-state index is 13.5. The number of hydrogen-bond donors (Lipinski definition) is 1. The number of hydrogen-bond acceptors (Lipinski definition) is 2. The largest absolute Gasteiger partial charge is 0.492 e. The molecule has 3 rings (SSSR count). The topological polar surface area (TPSA) is 38.3 Å². The fourth-order valence-corrected chi connectivity index (χ4v) is 3.17. The van der Waals surface area contributed by atoms with E-state index in [1.807, 2.05) is 37.3 Å². The fraction of sp³-hybridized carbons (Fsp3) is 0.350. The average molecular weight is 327 g/mol. The third-order valence-electron chi connectivity index (χ3n) is 4.66. The Balaban J connectivity index is 1.56. The summed E-state index contributed by atoms with van der Waals surface area (Å²) in [5.74, 6) is 0.467. The summed E-state index contributed by atoms with van der Waals surface area (Å²) in [7, 11) is 0. The normalized spacial score (nSPS) is 15.4. The molecule has 4 heteroatoms. The first-order valence-corrected chi connectivity index (χ1v) is 8.34. The van der Waals surface area contributed by atoms with E-state index < -0.39 is 5.41 Å². The Morgan fingerprint density at radius 3 is 2.67 bits per heavy atom. The number of benzene rings is 2. The molecule has 1 N–H and O–H groups in total. The molecule has 0 aromatic heterocycles. The molecule has 0 unspecified atom stereocenters. The molecule has 126 valence electrons. The molecule has 1 aliphatic rings. The van der Waals surface area contributed by atoms with Crippen LogP contribution in [0.25, 0.3) is 0 Å². The van der Waals surface area contributed by atoms with E-state index in [-0.39, 0.29) is 11.7 Å². The minimum absolute atomic E-state index is 0.0350. The SMILES string of the molecule is Cc1cccc(OCCNC(=O)C2(c3cccc(F)c3)CCC2)c1. The van der Waals surface area contributed by atoms with Gasteiger partial charge in [-0.1, -0.05) is 30.7 Å². The maximum atomic E-state index is 13.5. The third kappa shape index (κ3) is 3.42. The van der Waals surface area contributed by atoms with Crippen molar-refractivity contribution in [3.8, 4) is 5.75 Å². The molecule has 0 bridgehead atoms. The zero-order valence-electron chi connectivity index (χ0n) is 13.8. The van der Waals surface area contributed by atoms with Crippen molar-refractivity contribution in [1.29, 1.82) is 0 Å². The van der Waals surface area contributed by atoms with E-state index in [9.17, 15) is 9.18 Å². The van der Waals surface area contributed by atoms with Crippen LogP contribution in [-0.2, 0) is 10.2 Å². The number of ether oxygens (including phenoxy) is 1. The van der Waals surface area contributed by atoms with Gasteiger partial charge in [-0.2, -0.15) is 0 Å². The number of aryl methyl sites for hydroxylation is 1. The molecule has 1 aliphatic carbocycles. The van der Waals surface area contributed by atoms with Crippen molar-refractivity contribution in [1.82, 2.24) is 5.32 Å². The number of carbonyl (C=O) groups is 1. The van der Waals surface area contributed by atoms with Crippen LogP contribution < -0.4 is 10.1 Å². The van der Waals surface area contributed by atoms with Gasteiger partial charge in [0.25, 0.3) is 0 Å². The van der Waals surface area contributed by atoms with Crippen LogP contribution in [0.4, 0.5) is 4.39 Å². The lowest BCUT2D eigenvalue weighted by Gasteiger charge is -2.40. The Bertz CT molecular complexity index is 725. The van der Waals surface area contributed by atoms with E-state index >= 15 is 0 Å². The van der Waals surface area contributed by atoms with E-state index in [1.54, 1.807) is 6.07 Å². The van der Waals surface area contributed by atoms with Crippen molar-refractivity contribution in [3.05, 3.63) is 65.5 Å². The highest BCUT2D eigenvalue weighted by molar-refractivity contribution is 5.89. The van der Waals surface area contributed by atoms with E-state index in [0.29, 0.717) is 13.2 Å². The predicted octanol–water partition coefficient (Wildman–Crippen LogP) is 3.75. The van der Waals surface area contributed by atoms with Crippen LogP contribution in [0.5, 0.6) is 5.75 Å². The molecular weight excluding hydrogens is 305 g/mol. The van der Waals surface area contributed by atoms with Gasteiger partial charge in [0.15, 0.2) is 0 Å². The second-order valence-electron chi connectivity index (χ2n) is 6.37. The molecule has 2 aromatic rings. The third-order valence-corrected chi connectivity index (χ3v) is 4.66. The smallest absolute Gasteiger partial charge is 0.230 e. The predicted molar refractivity (Wildman–Crippen MR) is 91.6 cm³/mol. The Kier molecular flexibility index (Phi) is 4.84. The molecule has 1 saturated carbocycles. The van der Waals surface area contributed by atoms with Crippen molar-refractivity contribution in [2.24, 2.45) is 0 Å². The van der Waals surface area contributed by atoms with Gasteiger partial charge in [-0.3, -0.25) is 4.79 Å². The first kappa shape index (κ1) is 16.5. The number of nitrogens with one attached hydrogen (secondary N) is 1. The van der Waals surface area contributed by atoms with Gasteiger partial charge in [0, 0.05) is 0 Å². The Labute approximate surface area is 141 Å². The number of halogens is 1. The lowest BCUT2D eigenvalue weighted by molar-refractivity contribution is -0.130. The molecule has 0 aliphatic heterocycles. The molecule has 1 amide bonds. The summed E-state index contributed by atoms with van der Waals surface area (Å²) < 4.78 is 19.1. The van der Waals surface area contributed by atoms with Crippen LogP contribution in [0.15, 0.2) is 48.5 Å². The van der Waals surface area contributed by atoms with Crippen molar-refractivity contribution < 1.29 is 13.9 Å². The molecule has 2 aromatic carbocycles. The van der Waals surface area contributed by atoms with Gasteiger partial charge in [-0.25, -0.2) is 4.39 Å². The quantitative estimate of drug-likeness (QED) is 0.821. The van der Waals surface area contributed by atoms with Crippen molar-refractivity contribution in [2.75, 3.05) is 13.2 Å². The first-order chi connectivity index (χ1) is 11.6. The van der Waals surface area contributed by atoms with E-state index in [2.05, 4.69) is 5.32 Å². The van der Waals surface area contributed by atoms with Gasteiger partial charge in [-0.15, -0.1) is 0 Å². The Morgan fingerprint density at radius 2 is 2.00 bits per heavy atom. The first-order valence-electron chi connectivity index (χ1n) is 8.34. The maximum Gasteiger partial charge on any atom is 0.230 e. The molecule has 0 spiro atoms. The molecule has 0 radical (unpaired) electrons. The summed E-state index contributed by atoms with van der Waals surface area (Å²) in [6.07, 6.45) is 2.52. The van der Waals surface area contributed by atoms with Gasteiger partial charge >= 0.3 is 0 Å². The second-order valence-corrected chi connectivity index (χ2v) is 6.37. The zero-order valence-corrected chi connectivity index (χ0v) is 13.8. The van der Waals surface area contributed by atoms with Gasteiger partial charge < -0.3 is 10.1 Å². The summed E-state index contributed by atoms with van der Waals surface area (Å²) in [4.78, 5) is 12.6. The summed E-state index contributed by atoms with van der Waals surface area (Å²) in [6.45, 7) is 2.85. The molecule has 0 atom stereocenters. The van der Waals surface area contributed by atoms with Crippen LogP contribution in [0.2, 0.25) is 0 Å². The highest BCUT2D eigenvalue weighted by Crippen LogP contribution is 2.44. The zero-order chi connectivity index (χ0) is 17.0. The highest BCUT2D eigenvalue weighted by atomic mass is 19.1. The minimum Gasteiger partial charge on any atom is -0.492 e. The molecule has 1 fully saturated rings. The average Bonchev–Trinajstić information content (AvgIpc) is 2.51. The number of rotatable bonds is 6. The molecule has 24 heavy (non-hydrogen) atoms. The van der Waals surface area contributed by atoms with Crippen LogP contribution in [-0.4, -0.2) is 19.1 Å². The number of amides is 1. The van der Waals surface area contributed by atoms with Crippen molar-refractivity contribution in [2.45, 2.75) is 31.6 Å². The van der Waals surface area contributed by atoms with Gasteiger partial charge in [-0.05, 0) is 55.2 Å². The van der Waals surface area contributed by atoms with Crippen LogP contribution in [0.1, 0.15) is 30.4 Å².